The standard InChI is InChI=1S/C9H10O.C4H8O2.ClH/c10-9-5-7-3-1-2-4-8(7)6-9;1-2-6-4-3-5-1;/h1-4,9-10H,5-6H2;1-4H2;1H. The lowest BCUT2D eigenvalue weighted by molar-refractivity contribution is -0.0334. The second-order valence-corrected chi connectivity index (χ2v) is 4.06. The highest BCUT2D eigenvalue weighted by Gasteiger charge is 2.17. The van der Waals surface area contributed by atoms with Crippen LogP contribution in [-0.4, -0.2) is 37.6 Å². The van der Waals surface area contributed by atoms with Crippen LogP contribution >= 0.6 is 12.4 Å². The lowest BCUT2D eigenvalue weighted by Crippen LogP contribution is -2.16. The van der Waals surface area contributed by atoms with Crippen molar-refractivity contribution in [2.24, 2.45) is 0 Å². The molecule has 4 heteroatoms. The first kappa shape index (κ1) is 14.5. The Morgan fingerprint density at radius 2 is 1.29 bits per heavy atom. The molecule has 3 nitrogen and oxygen atoms in total. The quantitative estimate of drug-likeness (QED) is 0.768. The van der Waals surface area contributed by atoms with Crippen LogP contribution < -0.4 is 0 Å². The number of halogens is 1. The molecule has 2 aliphatic rings. The maximum Gasteiger partial charge on any atom is 0.0701 e. The van der Waals surface area contributed by atoms with Crippen LogP contribution in [-0.2, 0) is 22.3 Å². The Labute approximate surface area is 108 Å². The van der Waals surface area contributed by atoms with Crippen LogP contribution in [0.2, 0.25) is 0 Å². The van der Waals surface area contributed by atoms with Crippen molar-refractivity contribution in [3.8, 4) is 0 Å². The molecule has 1 aromatic carbocycles. The first-order valence-corrected chi connectivity index (χ1v) is 5.76. The Hall–Kier alpha value is -0.610. The van der Waals surface area contributed by atoms with E-state index in [1.165, 1.54) is 11.1 Å². The Bertz CT molecular complexity index is 290. The number of hydrogen-bond acceptors (Lipinski definition) is 3. The molecule has 0 atom stereocenters. The van der Waals surface area contributed by atoms with Gasteiger partial charge in [0.15, 0.2) is 0 Å². The summed E-state index contributed by atoms with van der Waals surface area (Å²) in [6.07, 6.45) is 1.56. The van der Waals surface area contributed by atoms with Crippen molar-refractivity contribution in [3.05, 3.63) is 35.4 Å². The molecular formula is C13H19ClO3. The summed E-state index contributed by atoms with van der Waals surface area (Å²) >= 11 is 0. The summed E-state index contributed by atoms with van der Waals surface area (Å²) < 4.78 is 9.89. The number of fused-ring (bicyclic) bond motifs is 1. The second kappa shape index (κ2) is 7.67. The molecule has 1 heterocycles. The van der Waals surface area contributed by atoms with Gasteiger partial charge in [0, 0.05) is 0 Å². The van der Waals surface area contributed by atoms with Crippen molar-refractivity contribution in [3.63, 3.8) is 0 Å². The molecule has 1 aliphatic carbocycles. The van der Waals surface area contributed by atoms with Gasteiger partial charge in [-0.1, -0.05) is 24.3 Å². The molecule has 0 aromatic heterocycles. The Morgan fingerprint density at radius 3 is 1.65 bits per heavy atom. The van der Waals surface area contributed by atoms with E-state index in [1.807, 2.05) is 12.1 Å². The van der Waals surface area contributed by atoms with Crippen LogP contribution in [0.25, 0.3) is 0 Å². The van der Waals surface area contributed by atoms with Gasteiger partial charge >= 0.3 is 0 Å². The maximum atomic E-state index is 9.25. The van der Waals surface area contributed by atoms with Crippen molar-refractivity contribution >= 4 is 12.4 Å². The van der Waals surface area contributed by atoms with E-state index in [4.69, 9.17) is 9.47 Å². The minimum absolute atomic E-state index is 0. The van der Waals surface area contributed by atoms with E-state index in [9.17, 15) is 5.11 Å². The summed E-state index contributed by atoms with van der Waals surface area (Å²) in [5.74, 6) is 0. The second-order valence-electron chi connectivity index (χ2n) is 4.06. The van der Waals surface area contributed by atoms with Crippen LogP contribution in [0, 0.1) is 0 Å². The van der Waals surface area contributed by atoms with Crippen LogP contribution in [0.15, 0.2) is 24.3 Å². The van der Waals surface area contributed by atoms with Crippen molar-refractivity contribution in [1.82, 2.24) is 0 Å². The lowest BCUT2D eigenvalue weighted by atomic mass is 10.1. The molecule has 0 saturated carbocycles. The molecule has 1 aliphatic heterocycles. The largest absolute Gasteiger partial charge is 0.392 e. The van der Waals surface area contributed by atoms with Gasteiger partial charge in [0.05, 0.1) is 32.5 Å². The smallest absolute Gasteiger partial charge is 0.0701 e. The zero-order valence-electron chi connectivity index (χ0n) is 9.80. The van der Waals surface area contributed by atoms with Crippen LogP contribution in [0.1, 0.15) is 11.1 Å². The molecule has 17 heavy (non-hydrogen) atoms. The van der Waals surface area contributed by atoms with Gasteiger partial charge in [-0.05, 0) is 24.0 Å². The Balaban J connectivity index is 0.000000180. The molecule has 3 rings (SSSR count). The van der Waals surface area contributed by atoms with Crippen molar-refractivity contribution < 1.29 is 14.6 Å². The highest BCUT2D eigenvalue weighted by Crippen LogP contribution is 2.20. The highest BCUT2D eigenvalue weighted by atomic mass is 35.5. The summed E-state index contributed by atoms with van der Waals surface area (Å²) in [5.41, 5.74) is 2.63. The molecule has 0 bridgehead atoms. The average molecular weight is 259 g/mol. The van der Waals surface area contributed by atoms with E-state index in [-0.39, 0.29) is 18.5 Å². The summed E-state index contributed by atoms with van der Waals surface area (Å²) in [5, 5.41) is 9.25. The van der Waals surface area contributed by atoms with Crippen LogP contribution in [0.4, 0.5) is 0 Å². The fraction of sp³-hybridized carbons (Fsp3) is 0.538. The molecule has 96 valence electrons. The minimum Gasteiger partial charge on any atom is -0.392 e. The van der Waals surface area contributed by atoms with E-state index in [0.717, 1.165) is 39.3 Å². The molecule has 1 saturated heterocycles. The Kier molecular flexibility index (Phi) is 6.52. The number of aliphatic hydroxyl groups is 1. The zero-order valence-corrected chi connectivity index (χ0v) is 10.6. The number of rotatable bonds is 0. The van der Waals surface area contributed by atoms with E-state index in [2.05, 4.69) is 12.1 Å². The number of hydrogen-bond donors (Lipinski definition) is 1. The minimum atomic E-state index is -0.127. The molecule has 0 radical (unpaired) electrons. The predicted octanol–water partition coefficient (Wildman–Crippen LogP) is 1.60. The molecule has 0 amide bonds. The highest BCUT2D eigenvalue weighted by molar-refractivity contribution is 5.85. The maximum absolute atomic E-state index is 9.25. The molecule has 0 unspecified atom stereocenters. The average Bonchev–Trinajstić information content (AvgIpc) is 2.72. The van der Waals surface area contributed by atoms with Gasteiger partial charge in [-0.2, -0.15) is 0 Å². The Morgan fingerprint density at radius 1 is 0.882 bits per heavy atom. The molecule has 1 fully saturated rings. The van der Waals surface area contributed by atoms with Crippen LogP contribution in [0.5, 0.6) is 0 Å². The third-order valence-electron chi connectivity index (χ3n) is 2.77. The molecule has 1 aromatic rings. The predicted molar refractivity (Wildman–Crippen MR) is 68.7 cm³/mol. The third-order valence-corrected chi connectivity index (χ3v) is 2.77. The SMILES string of the molecule is C1COCCO1.Cl.OC1Cc2ccccc2C1. The summed E-state index contributed by atoms with van der Waals surface area (Å²) in [6, 6.07) is 8.23. The fourth-order valence-corrected chi connectivity index (χ4v) is 1.98. The van der Waals surface area contributed by atoms with Gasteiger partial charge in [0.25, 0.3) is 0 Å². The first-order valence-electron chi connectivity index (χ1n) is 5.76. The molecule has 0 spiro atoms. The number of ether oxygens (including phenoxy) is 2. The van der Waals surface area contributed by atoms with Crippen molar-refractivity contribution in [2.75, 3.05) is 26.4 Å². The van der Waals surface area contributed by atoms with E-state index in [0.29, 0.717) is 0 Å². The normalized spacial score (nSPS) is 18.6. The summed E-state index contributed by atoms with van der Waals surface area (Å²) in [7, 11) is 0. The van der Waals surface area contributed by atoms with Gasteiger partial charge in [-0.3, -0.25) is 0 Å². The molecular weight excluding hydrogens is 240 g/mol. The topological polar surface area (TPSA) is 38.7 Å². The fourth-order valence-electron chi connectivity index (χ4n) is 1.98. The van der Waals surface area contributed by atoms with Crippen molar-refractivity contribution in [2.45, 2.75) is 18.9 Å². The van der Waals surface area contributed by atoms with E-state index >= 15 is 0 Å². The number of aliphatic hydroxyl groups excluding tert-OH is 1. The number of benzene rings is 1. The molecule has 1 N–H and O–H groups in total. The van der Waals surface area contributed by atoms with E-state index in [1.54, 1.807) is 0 Å². The summed E-state index contributed by atoms with van der Waals surface area (Å²) in [4.78, 5) is 0. The van der Waals surface area contributed by atoms with Crippen molar-refractivity contribution in [1.29, 1.82) is 0 Å². The third kappa shape index (κ3) is 4.64. The van der Waals surface area contributed by atoms with E-state index < -0.39 is 0 Å². The van der Waals surface area contributed by atoms with Gasteiger partial charge in [0.2, 0.25) is 0 Å². The zero-order chi connectivity index (χ0) is 11.2. The monoisotopic (exact) mass is 258 g/mol. The van der Waals surface area contributed by atoms with Gasteiger partial charge in [-0.15, -0.1) is 12.4 Å². The summed E-state index contributed by atoms with van der Waals surface area (Å²) in [6.45, 7) is 3.11. The van der Waals surface area contributed by atoms with Gasteiger partial charge < -0.3 is 14.6 Å². The van der Waals surface area contributed by atoms with Gasteiger partial charge in [-0.25, -0.2) is 0 Å². The first-order chi connectivity index (χ1) is 7.86. The van der Waals surface area contributed by atoms with Crippen LogP contribution in [0.3, 0.4) is 0 Å². The lowest BCUT2D eigenvalue weighted by Gasteiger charge is -2.09. The van der Waals surface area contributed by atoms with Gasteiger partial charge in [0.1, 0.15) is 0 Å².